The summed E-state index contributed by atoms with van der Waals surface area (Å²) in [5.41, 5.74) is 1.31. The van der Waals surface area contributed by atoms with Crippen molar-refractivity contribution in [3.05, 3.63) is 34.1 Å². The predicted molar refractivity (Wildman–Crippen MR) is 91.3 cm³/mol. The van der Waals surface area contributed by atoms with Crippen LogP contribution < -0.4 is 0 Å². The third-order valence-corrected chi connectivity index (χ3v) is 3.93. The highest BCUT2D eigenvalue weighted by Gasteiger charge is 2.26. The molecule has 0 atom stereocenters. The molecule has 1 aliphatic heterocycles. The van der Waals surface area contributed by atoms with Gasteiger partial charge in [-0.3, -0.25) is 4.98 Å². The highest BCUT2D eigenvalue weighted by Crippen LogP contribution is 2.28. The molecular weight excluding hydrogens is 332 g/mol. The maximum absolute atomic E-state index is 12.1. The number of nitrogens with zero attached hydrogens (tertiary/aromatic N) is 2. The number of amides is 1. The molecule has 0 radical (unpaired) electrons. The molecule has 0 unspecified atom stereocenters. The number of carboxylic acid groups (broad SMARTS) is 1. The van der Waals surface area contributed by atoms with Crippen LogP contribution in [0.2, 0.25) is 5.02 Å². The minimum atomic E-state index is -1.07. The molecule has 1 amide bonds. The zero-order chi connectivity index (χ0) is 18.1. The Hall–Kier alpha value is -2.08. The van der Waals surface area contributed by atoms with Crippen molar-refractivity contribution in [1.29, 1.82) is 0 Å². The fraction of sp³-hybridized carbons (Fsp3) is 0.471. The van der Waals surface area contributed by atoms with Gasteiger partial charge in [0.2, 0.25) is 0 Å². The number of hydrogen-bond donors (Lipinski definition) is 1. The summed E-state index contributed by atoms with van der Waals surface area (Å²) in [4.78, 5) is 29.4. The normalized spacial score (nSPS) is 15.0. The minimum absolute atomic E-state index is 0.0718. The first kappa shape index (κ1) is 18.3. The number of hydrogen-bond acceptors (Lipinski definition) is 4. The Kier molecular flexibility index (Phi) is 5.18. The highest BCUT2D eigenvalue weighted by atomic mass is 35.5. The first-order valence-corrected chi connectivity index (χ1v) is 8.04. The molecule has 1 aliphatic rings. The molecule has 2 rings (SSSR count). The lowest BCUT2D eigenvalue weighted by molar-refractivity contribution is 0.0270. The Balaban J connectivity index is 2.23. The topological polar surface area (TPSA) is 79.7 Å². The summed E-state index contributed by atoms with van der Waals surface area (Å²) >= 11 is 5.98. The molecule has 7 heteroatoms. The molecule has 0 spiro atoms. The number of halogens is 1. The molecule has 1 aromatic rings. The van der Waals surface area contributed by atoms with Crippen molar-refractivity contribution in [3.8, 4) is 0 Å². The second-order valence-corrected chi connectivity index (χ2v) is 7.07. The van der Waals surface area contributed by atoms with Gasteiger partial charge in [-0.05, 0) is 45.8 Å². The van der Waals surface area contributed by atoms with Crippen LogP contribution in [-0.4, -0.2) is 45.7 Å². The van der Waals surface area contributed by atoms with Gasteiger partial charge in [-0.15, -0.1) is 0 Å². The molecule has 130 valence electrons. The lowest BCUT2D eigenvalue weighted by Gasteiger charge is -2.29. The fourth-order valence-corrected chi connectivity index (χ4v) is 2.52. The number of aryl methyl sites for hydroxylation is 1. The molecule has 0 bridgehead atoms. The van der Waals surface area contributed by atoms with Crippen molar-refractivity contribution in [1.82, 2.24) is 9.88 Å². The van der Waals surface area contributed by atoms with E-state index in [4.69, 9.17) is 16.3 Å². The second kappa shape index (κ2) is 6.81. The number of carboxylic acids is 1. The minimum Gasteiger partial charge on any atom is -0.478 e. The SMILES string of the molecule is Cc1nc(C2=CCN(C(=O)OC(C)(C)C)CC2)c(C(=O)O)cc1Cl. The molecule has 0 aliphatic carbocycles. The van der Waals surface area contributed by atoms with Crippen molar-refractivity contribution < 1.29 is 19.4 Å². The number of aromatic carboxylic acids is 1. The van der Waals surface area contributed by atoms with E-state index in [2.05, 4.69) is 4.98 Å². The lowest BCUT2D eigenvalue weighted by Crippen LogP contribution is -2.39. The molecular formula is C17H21ClN2O4. The molecule has 6 nitrogen and oxygen atoms in total. The van der Waals surface area contributed by atoms with E-state index in [0.29, 0.717) is 35.9 Å². The molecule has 0 aromatic carbocycles. The Morgan fingerprint density at radius 3 is 2.54 bits per heavy atom. The van der Waals surface area contributed by atoms with Crippen LogP contribution >= 0.6 is 11.6 Å². The van der Waals surface area contributed by atoms with E-state index in [1.165, 1.54) is 6.07 Å². The number of carbonyl (C=O) groups excluding carboxylic acids is 1. The molecule has 24 heavy (non-hydrogen) atoms. The number of ether oxygens (including phenoxy) is 1. The first-order valence-electron chi connectivity index (χ1n) is 7.66. The number of aromatic nitrogens is 1. The van der Waals surface area contributed by atoms with Gasteiger partial charge in [-0.1, -0.05) is 17.7 Å². The van der Waals surface area contributed by atoms with Gasteiger partial charge in [0.25, 0.3) is 0 Å². The number of pyridine rings is 1. The van der Waals surface area contributed by atoms with Crippen LogP contribution in [0.4, 0.5) is 4.79 Å². The zero-order valence-corrected chi connectivity index (χ0v) is 15.0. The summed E-state index contributed by atoms with van der Waals surface area (Å²) in [6.07, 6.45) is 1.94. The molecule has 0 saturated heterocycles. The van der Waals surface area contributed by atoms with E-state index in [0.717, 1.165) is 5.57 Å². The van der Waals surface area contributed by atoms with E-state index in [1.54, 1.807) is 11.8 Å². The van der Waals surface area contributed by atoms with E-state index in [9.17, 15) is 14.7 Å². The molecule has 0 saturated carbocycles. The lowest BCUT2D eigenvalue weighted by atomic mass is 9.99. The number of carbonyl (C=O) groups is 2. The summed E-state index contributed by atoms with van der Waals surface area (Å²) in [7, 11) is 0. The van der Waals surface area contributed by atoms with Gasteiger partial charge in [0.1, 0.15) is 5.60 Å². The molecule has 0 fully saturated rings. The van der Waals surface area contributed by atoms with Gasteiger partial charge in [-0.2, -0.15) is 0 Å². The second-order valence-electron chi connectivity index (χ2n) is 6.66. The van der Waals surface area contributed by atoms with Crippen LogP contribution in [-0.2, 0) is 4.74 Å². The van der Waals surface area contributed by atoms with E-state index in [-0.39, 0.29) is 11.7 Å². The summed E-state index contributed by atoms with van der Waals surface area (Å²) in [6.45, 7) is 7.98. The van der Waals surface area contributed by atoms with Crippen LogP contribution in [0.25, 0.3) is 5.57 Å². The van der Waals surface area contributed by atoms with Gasteiger partial charge in [-0.25, -0.2) is 9.59 Å². The van der Waals surface area contributed by atoms with Crippen molar-refractivity contribution in [2.45, 2.75) is 39.7 Å². The highest BCUT2D eigenvalue weighted by molar-refractivity contribution is 6.31. The fourth-order valence-electron chi connectivity index (χ4n) is 2.37. The average Bonchev–Trinajstić information content (AvgIpc) is 2.48. The largest absolute Gasteiger partial charge is 0.478 e. The quantitative estimate of drug-likeness (QED) is 0.876. The smallest absolute Gasteiger partial charge is 0.410 e. The van der Waals surface area contributed by atoms with Crippen LogP contribution in [0.5, 0.6) is 0 Å². The molecule has 2 heterocycles. The van der Waals surface area contributed by atoms with Gasteiger partial charge in [0.15, 0.2) is 0 Å². The Labute approximate surface area is 146 Å². The van der Waals surface area contributed by atoms with E-state index >= 15 is 0 Å². The van der Waals surface area contributed by atoms with E-state index < -0.39 is 11.6 Å². The summed E-state index contributed by atoms with van der Waals surface area (Å²) < 4.78 is 5.35. The van der Waals surface area contributed by atoms with Crippen molar-refractivity contribution in [3.63, 3.8) is 0 Å². The van der Waals surface area contributed by atoms with Gasteiger partial charge in [0, 0.05) is 13.1 Å². The Morgan fingerprint density at radius 2 is 2.04 bits per heavy atom. The van der Waals surface area contributed by atoms with Crippen LogP contribution in [0.1, 0.15) is 48.9 Å². The van der Waals surface area contributed by atoms with Gasteiger partial charge in [0.05, 0.1) is 22.0 Å². The zero-order valence-electron chi connectivity index (χ0n) is 14.2. The van der Waals surface area contributed by atoms with Gasteiger partial charge >= 0.3 is 12.1 Å². The third-order valence-electron chi connectivity index (χ3n) is 3.55. The summed E-state index contributed by atoms with van der Waals surface area (Å²) in [5.74, 6) is -1.07. The van der Waals surface area contributed by atoms with Crippen LogP contribution in [0, 0.1) is 6.92 Å². The average molecular weight is 353 g/mol. The van der Waals surface area contributed by atoms with Gasteiger partial charge < -0.3 is 14.7 Å². The van der Waals surface area contributed by atoms with Crippen LogP contribution in [0.3, 0.4) is 0 Å². The Bertz CT molecular complexity index is 707. The molecule has 1 aromatic heterocycles. The monoisotopic (exact) mass is 352 g/mol. The maximum atomic E-state index is 12.1. The molecule has 1 N–H and O–H groups in total. The predicted octanol–water partition coefficient (Wildman–Crippen LogP) is 3.77. The van der Waals surface area contributed by atoms with Crippen LogP contribution in [0.15, 0.2) is 12.1 Å². The maximum Gasteiger partial charge on any atom is 0.410 e. The standard InChI is InChI=1S/C17H21ClN2O4/c1-10-13(18)9-12(15(21)22)14(19-10)11-5-7-20(8-6-11)16(23)24-17(2,3)4/h5,9H,6-8H2,1-4H3,(H,21,22). The first-order chi connectivity index (χ1) is 11.1. The van der Waals surface area contributed by atoms with Crippen molar-refractivity contribution >= 4 is 29.2 Å². The van der Waals surface area contributed by atoms with Crippen molar-refractivity contribution in [2.75, 3.05) is 13.1 Å². The number of rotatable bonds is 2. The summed E-state index contributed by atoms with van der Waals surface area (Å²) in [5, 5.41) is 9.69. The van der Waals surface area contributed by atoms with E-state index in [1.807, 2.05) is 26.8 Å². The Morgan fingerprint density at radius 1 is 1.38 bits per heavy atom. The summed E-state index contributed by atoms with van der Waals surface area (Å²) in [6, 6.07) is 1.42. The van der Waals surface area contributed by atoms with Crippen molar-refractivity contribution in [2.24, 2.45) is 0 Å². The third kappa shape index (κ3) is 4.26.